The number of fused-ring (bicyclic) bond motifs is 3. The number of nitrogens with zero attached hydrogens (tertiary/aromatic N) is 1. The van der Waals surface area contributed by atoms with Crippen molar-refractivity contribution in [3.05, 3.63) is 41.5 Å². The number of hydrogen-bond acceptors (Lipinski definition) is 10. The molecule has 5 atom stereocenters. The first-order valence-electron chi connectivity index (χ1n) is 13.6. The highest BCUT2D eigenvalue weighted by atomic mass is 19.4. The zero-order chi connectivity index (χ0) is 33.2. The van der Waals surface area contributed by atoms with Gasteiger partial charge in [0.2, 0.25) is 5.91 Å². The van der Waals surface area contributed by atoms with Crippen molar-refractivity contribution >= 4 is 52.1 Å². The lowest BCUT2D eigenvalue weighted by Gasteiger charge is -2.48. The normalized spacial score (nSPS) is 25.9. The maximum absolute atomic E-state index is 13.9. The summed E-state index contributed by atoms with van der Waals surface area (Å²) < 4.78 is 41.1. The van der Waals surface area contributed by atoms with Gasteiger partial charge in [-0.15, -0.1) is 13.2 Å². The molecular weight excluding hydrogens is 605 g/mol. The molecule has 2 aromatic carbocycles. The number of amides is 3. The Morgan fingerprint density at radius 3 is 2.27 bits per heavy atom. The minimum absolute atomic E-state index is 0.0333. The number of Topliss-reactive ketones (excluding diaryl/α,β-unsaturated/α-hetero) is 4. The first-order chi connectivity index (χ1) is 20.9. The molecule has 0 aromatic heterocycles. The smallest absolute Gasteiger partial charge is 0.505 e. The van der Waals surface area contributed by atoms with Crippen LogP contribution in [-0.2, 0) is 25.6 Å². The number of anilines is 3. The number of nitrogens with one attached hydrogen (secondary N) is 2. The molecule has 238 valence electrons. The molecule has 2 aromatic rings. The first-order valence-corrected chi connectivity index (χ1v) is 13.6. The maximum atomic E-state index is 13.9. The second kappa shape index (κ2) is 10.9. The highest BCUT2D eigenvalue weighted by molar-refractivity contribution is 6.31. The molecule has 5 rings (SSSR count). The van der Waals surface area contributed by atoms with E-state index >= 15 is 0 Å². The van der Waals surface area contributed by atoms with E-state index in [2.05, 4.69) is 15.4 Å². The van der Waals surface area contributed by atoms with E-state index in [1.165, 1.54) is 6.07 Å². The van der Waals surface area contributed by atoms with Crippen LogP contribution in [0.3, 0.4) is 0 Å². The van der Waals surface area contributed by atoms with Gasteiger partial charge >= 0.3 is 12.4 Å². The van der Waals surface area contributed by atoms with Crippen LogP contribution in [0.15, 0.2) is 30.3 Å². The third-order valence-corrected chi connectivity index (χ3v) is 8.45. The number of ketones is 4. The summed E-state index contributed by atoms with van der Waals surface area (Å²) in [4.78, 5) is 79.5. The Morgan fingerprint density at radius 2 is 1.69 bits per heavy atom. The lowest BCUT2D eigenvalue weighted by molar-refractivity contribution is -0.274. The van der Waals surface area contributed by atoms with Gasteiger partial charge in [0.1, 0.15) is 11.5 Å². The van der Waals surface area contributed by atoms with Crippen molar-refractivity contribution in [2.75, 3.05) is 29.6 Å². The highest BCUT2D eigenvalue weighted by Crippen LogP contribution is 2.52. The van der Waals surface area contributed by atoms with Crippen molar-refractivity contribution in [1.29, 1.82) is 0 Å². The number of nitrogens with two attached hydrogens (primary N) is 1. The average Bonchev–Trinajstić information content (AvgIpc) is 2.92. The second-order valence-corrected chi connectivity index (χ2v) is 11.4. The fraction of sp³-hybridized carbons (Fsp3) is 0.379. The third-order valence-electron chi connectivity index (χ3n) is 8.45. The molecule has 0 heterocycles. The average molecular weight is 633 g/mol. The zero-order valence-corrected chi connectivity index (χ0v) is 23.7. The standard InChI is InChI=1S/C29H27F3N4O9/c1-36(2)17-10-16(35-27(43)34-13-3-5-14(6-4-13)45-29(30,31)32)22(38)20-15(17)8-11-7-12-9-18(37)21(26(33)42)25(41)28(12,44)24(40)19(11)23(20)39/h3-6,10-12,19,21,38,44H,7-9H2,1-2H3,(H2,33,42)(H2,34,35,43)/t11-,12+,19?,21?,28+/m1/s1. The molecule has 0 aliphatic heterocycles. The molecule has 2 unspecified atom stereocenters. The second-order valence-electron chi connectivity index (χ2n) is 11.4. The number of phenolic OH excluding ortho intramolecular Hbond substituents is 1. The van der Waals surface area contributed by atoms with Crippen LogP contribution >= 0.6 is 0 Å². The fourth-order valence-corrected chi connectivity index (χ4v) is 6.53. The lowest BCUT2D eigenvalue weighted by Crippen LogP contribution is -2.68. The zero-order valence-electron chi connectivity index (χ0n) is 23.7. The Balaban J connectivity index is 1.46. The van der Waals surface area contributed by atoms with Gasteiger partial charge in [0.25, 0.3) is 0 Å². The van der Waals surface area contributed by atoms with Crippen LogP contribution in [0, 0.1) is 23.7 Å². The van der Waals surface area contributed by atoms with Crippen LogP contribution < -0.4 is 26.0 Å². The summed E-state index contributed by atoms with van der Waals surface area (Å²) in [6, 6.07) is 4.65. The van der Waals surface area contributed by atoms with E-state index in [0.29, 0.717) is 11.3 Å². The van der Waals surface area contributed by atoms with Crippen LogP contribution in [0.4, 0.5) is 35.0 Å². The summed E-state index contributed by atoms with van der Waals surface area (Å²) in [5.41, 5.74) is 2.59. The Bertz CT molecular complexity index is 1660. The molecule has 16 heteroatoms. The Hall–Kier alpha value is -4.99. The molecule has 6 N–H and O–H groups in total. The molecule has 2 saturated carbocycles. The van der Waals surface area contributed by atoms with Gasteiger partial charge in [0, 0.05) is 37.8 Å². The van der Waals surface area contributed by atoms with E-state index in [1.54, 1.807) is 19.0 Å². The number of ether oxygens (including phenoxy) is 1. The fourth-order valence-electron chi connectivity index (χ4n) is 6.53. The molecule has 13 nitrogen and oxygen atoms in total. The number of aromatic hydroxyl groups is 1. The molecular formula is C29H27F3N4O9. The molecule has 0 radical (unpaired) electrons. The van der Waals surface area contributed by atoms with Crippen LogP contribution in [0.2, 0.25) is 0 Å². The van der Waals surface area contributed by atoms with Crippen molar-refractivity contribution in [3.8, 4) is 11.5 Å². The number of urea groups is 1. The monoisotopic (exact) mass is 632 g/mol. The van der Waals surface area contributed by atoms with E-state index in [4.69, 9.17) is 5.73 Å². The summed E-state index contributed by atoms with van der Waals surface area (Å²) in [6.45, 7) is 0. The molecule has 3 aliphatic carbocycles. The van der Waals surface area contributed by atoms with E-state index in [-0.39, 0.29) is 29.8 Å². The number of phenols is 1. The molecule has 2 fully saturated rings. The summed E-state index contributed by atoms with van der Waals surface area (Å²) >= 11 is 0. The summed E-state index contributed by atoms with van der Waals surface area (Å²) in [5, 5.41) is 27.3. The predicted molar refractivity (Wildman–Crippen MR) is 149 cm³/mol. The first kappa shape index (κ1) is 31.4. The Labute approximate surface area is 252 Å². The van der Waals surface area contributed by atoms with E-state index < -0.39 is 88.6 Å². The number of aliphatic hydroxyl groups is 1. The van der Waals surface area contributed by atoms with Crippen molar-refractivity contribution in [2.45, 2.75) is 31.2 Å². The van der Waals surface area contributed by atoms with Gasteiger partial charge < -0.3 is 36.2 Å². The Morgan fingerprint density at radius 1 is 1.04 bits per heavy atom. The number of carbonyl (C=O) groups is 6. The number of halogens is 3. The third kappa shape index (κ3) is 5.34. The van der Waals surface area contributed by atoms with Crippen LogP contribution in [0.25, 0.3) is 0 Å². The van der Waals surface area contributed by atoms with Crippen molar-refractivity contribution < 1.29 is 56.9 Å². The van der Waals surface area contributed by atoms with Gasteiger partial charge in [0.15, 0.2) is 34.7 Å². The van der Waals surface area contributed by atoms with Crippen LogP contribution in [-0.4, -0.2) is 71.3 Å². The number of rotatable bonds is 5. The molecule has 0 spiro atoms. The largest absolute Gasteiger partial charge is 0.573 e. The van der Waals surface area contributed by atoms with Gasteiger partial charge in [-0.05, 0) is 54.7 Å². The molecule has 3 aliphatic rings. The molecule has 0 bridgehead atoms. The van der Waals surface area contributed by atoms with Crippen molar-refractivity contribution in [2.24, 2.45) is 29.4 Å². The van der Waals surface area contributed by atoms with Gasteiger partial charge in [-0.1, -0.05) is 0 Å². The maximum Gasteiger partial charge on any atom is 0.573 e. The van der Waals surface area contributed by atoms with Gasteiger partial charge in [-0.25, -0.2) is 4.79 Å². The minimum atomic E-state index is -4.91. The number of carbonyl (C=O) groups excluding carboxylic acids is 6. The van der Waals surface area contributed by atoms with E-state index in [0.717, 1.165) is 24.3 Å². The quantitative estimate of drug-likeness (QED) is 0.239. The number of benzene rings is 2. The topological polar surface area (TPSA) is 205 Å². The van der Waals surface area contributed by atoms with Gasteiger partial charge in [0.05, 0.1) is 17.2 Å². The molecule has 0 saturated heterocycles. The van der Waals surface area contributed by atoms with Crippen LogP contribution in [0.5, 0.6) is 11.5 Å². The molecule has 45 heavy (non-hydrogen) atoms. The Kier molecular flexibility index (Phi) is 7.59. The molecule has 3 amide bonds. The number of primary amides is 1. The van der Waals surface area contributed by atoms with Crippen molar-refractivity contribution in [3.63, 3.8) is 0 Å². The number of alkyl halides is 3. The van der Waals surface area contributed by atoms with Gasteiger partial charge in [-0.3, -0.25) is 24.0 Å². The highest BCUT2D eigenvalue weighted by Gasteiger charge is 2.66. The van der Waals surface area contributed by atoms with E-state index in [9.17, 15) is 52.2 Å². The lowest BCUT2D eigenvalue weighted by atomic mass is 9.53. The summed E-state index contributed by atoms with van der Waals surface area (Å²) in [6.07, 6.45) is -5.42. The van der Waals surface area contributed by atoms with Crippen molar-refractivity contribution in [1.82, 2.24) is 0 Å². The van der Waals surface area contributed by atoms with Gasteiger partial charge in [-0.2, -0.15) is 0 Å². The predicted octanol–water partition coefficient (Wildman–Crippen LogP) is 1.94. The summed E-state index contributed by atoms with van der Waals surface area (Å²) in [7, 11) is 3.26. The minimum Gasteiger partial charge on any atom is -0.505 e. The van der Waals surface area contributed by atoms with E-state index in [1.807, 2.05) is 0 Å². The van der Waals surface area contributed by atoms with Crippen LogP contribution in [0.1, 0.15) is 28.8 Å². The SMILES string of the molecule is CN(C)c1cc(NC(=O)Nc2ccc(OC(F)(F)F)cc2)c(O)c2c1C[C@H]1C[C@H]3CC(=O)C(C(N)=O)C(=O)[C@@]3(O)C(=O)C1C2=O. The summed E-state index contributed by atoms with van der Waals surface area (Å²) in [5.74, 6) is -12.4. The number of hydrogen-bond donors (Lipinski definition) is 5.